The molecule has 2 aliphatic rings. The molecule has 0 bridgehead atoms. The molecule has 0 atom stereocenters. The topological polar surface area (TPSA) is 55.8 Å². The van der Waals surface area contributed by atoms with Crippen molar-refractivity contribution in [2.24, 2.45) is 0 Å². The molecule has 0 radical (unpaired) electrons. The van der Waals surface area contributed by atoms with Crippen LogP contribution in [0.25, 0.3) is 0 Å². The summed E-state index contributed by atoms with van der Waals surface area (Å²) < 4.78 is 25.5. The van der Waals surface area contributed by atoms with Crippen LogP contribution in [0.5, 0.6) is 11.5 Å². The lowest BCUT2D eigenvalue weighted by Crippen LogP contribution is -2.43. The summed E-state index contributed by atoms with van der Waals surface area (Å²) in [5.41, 5.74) is -1.20. The Hall–Kier alpha value is -1.49. The Kier molecular flexibility index (Phi) is 3.24. The summed E-state index contributed by atoms with van der Waals surface area (Å²) >= 11 is 5.89. The number of carbonyl (C=O) groups is 1. The van der Waals surface area contributed by atoms with E-state index in [1.165, 1.54) is 6.07 Å². The van der Waals surface area contributed by atoms with Gasteiger partial charge in [0, 0.05) is 12.5 Å². The average Bonchev–Trinajstić information content (AvgIpc) is 2.57. The summed E-state index contributed by atoms with van der Waals surface area (Å²) in [6, 6.07) is 1.36. The standard InChI is InChI=1S/C14H14ClFO4/c15-8-7-9-12(20-6-2-5-19-9)10(11(8)16)14(13(17)18)3-1-4-14/h7H,1-6H2,(H,17,18). The van der Waals surface area contributed by atoms with E-state index < -0.39 is 17.2 Å². The highest BCUT2D eigenvalue weighted by molar-refractivity contribution is 6.31. The number of ether oxygens (including phenoxy) is 2. The molecule has 1 aliphatic heterocycles. The van der Waals surface area contributed by atoms with Crippen molar-refractivity contribution in [3.8, 4) is 11.5 Å². The van der Waals surface area contributed by atoms with E-state index in [0.717, 1.165) is 6.42 Å². The molecule has 0 amide bonds. The van der Waals surface area contributed by atoms with Crippen molar-refractivity contribution < 1.29 is 23.8 Å². The molecule has 108 valence electrons. The van der Waals surface area contributed by atoms with Crippen LogP contribution in [0.2, 0.25) is 5.02 Å². The fourth-order valence-corrected chi connectivity index (χ4v) is 2.97. The Morgan fingerprint density at radius 3 is 2.60 bits per heavy atom. The summed E-state index contributed by atoms with van der Waals surface area (Å²) in [5.74, 6) is -1.22. The van der Waals surface area contributed by atoms with Crippen LogP contribution in [0.1, 0.15) is 31.2 Å². The Balaban J connectivity index is 2.23. The summed E-state index contributed by atoms with van der Waals surface area (Å²) in [7, 11) is 0. The molecule has 1 aliphatic carbocycles. The molecule has 0 spiro atoms. The first-order valence-electron chi connectivity index (χ1n) is 6.58. The minimum atomic E-state index is -1.24. The van der Waals surface area contributed by atoms with E-state index in [0.29, 0.717) is 38.2 Å². The van der Waals surface area contributed by atoms with Crippen LogP contribution in [0.15, 0.2) is 6.07 Å². The predicted molar refractivity (Wildman–Crippen MR) is 70.2 cm³/mol. The second kappa shape index (κ2) is 4.81. The highest BCUT2D eigenvalue weighted by atomic mass is 35.5. The van der Waals surface area contributed by atoms with E-state index in [2.05, 4.69) is 0 Å². The number of carboxylic acids is 1. The SMILES string of the molecule is O=C(O)C1(c2c(F)c(Cl)cc3c2OCCCO3)CCC1. The summed E-state index contributed by atoms with van der Waals surface area (Å²) in [5, 5.41) is 9.39. The molecule has 1 saturated carbocycles. The van der Waals surface area contributed by atoms with Gasteiger partial charge in [-0.2, -0.15) is 0 Å². The lowest BCUT2D eigenvalue weighted by Gasteiger charge is -2.39. The third-order valence-corrected chi connectivity index (χ3v) is 4.30. The molecule has 0 saturated heterocycles. The first kappa shape index (κ1) is 13.5. The van der Waals surface area contributed by atoms with Crippen molar-refractivity contribution in [1.82, 2.24) is 0 Å². The van der Waals surface area contributed by atoms with Gasteiger partial charge in [0.25, 0.3) is 0 Å². The summed E-state index contributed by atoms with van der Waals surface area (Å²) in [6.45, 7) is 0.811. The lowest BCUT2D eigenvalue weighted by atomic mass is 9.64. The number of halogens is 2. The molecule has 1 heterocycles. The van der Waals surface area contributed by atoms with E-state index in [1.807, 2.05) is 0 Å². The van der Waals surface area contributed by atoms with E-state index in [4.69, 9.17) is 21.1 Å². The van der Waals surface area contributed by atoms with Crippen LogP contribution in [0.4, 0.5) is 4.39 Å². The van der Waals surface area contributed by atoms with Crippen LogP contribution in [0, 0.1) is 5.82 Å². The van der Waals surface area contributed by atoms with Crippen molar-refractivity contribution in [3.05, 3.63) is 22.5 Å². The number of hydrogen-bond donors (Lipinski definition) is 1. The second-order valence-electron chi connectivity index (χ2n) is 5.17. The third kappa shape index (κ3) is 1.84. The van der Waals surface area contributed by atoms with E-state index in [-0.39, 0.29) is 16.3 Å². The lowest BCUT2D eigenvalue weighted by molar-refractivity contribution is -0.147. The largest absolute Gasteiger partial charge is 0.489 e. The zero-order chi connectivity index (χ0) is 14.3. The predicted octanol–water partition coefficient (Wildman–Crippen LogP) is 3.15. The van der Waals surface area contributed by atoms with Gasteiger partial charge in [0.15, 0.2) is 11.5 Å². The average molecular weight is 301 g/mol. The Bertz CT molecular complexity index is 569. The fraction of sp³-hybridized carbons (Fsp3) is 0.500. The molecule has 3 rings (SSSR count). The van der Waals surface area contributed by atoms with Crippen molar-refractivity contribution in [2.45, 2.75) is 31.1 Å². The van der Waals surface area contributed by atoms with Crippen LogP contribution in [0.3, 0.4) is 0 Å². The van der Waals surface area contributed by atoms with Gasteiger partial charge in [-0.05, 0) is 12.8 Å². The van der Waals surface area contributed by atoms with Gasteiger partial charge in [-0.3, -0.25) is 4.79 Å². The molecular weight excluding hydrogens is 287 g/mol. The van der Waals surface area contributed by atoms with Crippen molar-refractivity contribution in [3.63, 3.8) is 0 Å². The molecule has 0 unspecified atom stereocenters. The van der Waals surface area contributed by atoms with E-state index >= 15 is 0 Å². The van der Waals surface area contributed by atoms with Gasteiger partial charge in [0.2, 0.25) is 0 Å². The summed E-state index contributed by atoms with van der Waals surface area (Å²) in [4.78, 5) is 11.6. The smallest absolute Gasteiger partial charge is 0.314 e. The highest BCUT2D eigenvalue weighted by Crippen LogP contribution is 2.52. The Labute approximate surface area is 120 Å². The second-order valence-corrected chi connectivity index (χ2v) is 5.57. The van der Waals surface area contributed by atoms with Crippen molar-refractivity contribution >= 4 is 17.6 Å². The van der Waals surface area contributed by atoms with Crippen LogP contribution in [-0.2, 0) is 10.2 Å². The molecular formula is C14H14ClFO4. The Morgan fingerprint density at radius 2 is 2.00 bits per heavy atom. The molecule has 1 aromatic carbocycles. The number of carboxylic acid groups (broad SMARTS) is 1. The minimum Gasteiger partial charge on any atom is -0.489 e. The van der Waals surface area contributed by atoms with E-state index in [9.17, 15) is 14.3 Å². The quantitative estimate of drug-likeness (QED) is 0.911. The normalized spacial score (nSPS) is 19.9. The zero-order valence-electron chi connectivity index (χ0n) is 10.7. The van der Waals surface area contributed by atoms with Crippen LogP contribution >= 0.6 is 11.6 Å². The maximum atomic E-state index is 14.5. The number of fused-ring (bicyclic) bond motifs is 1. The molecule has 20 heavy (non-hydrogen) atoms. The summed E-state index contributed by atoms with van der Waals surface area (Å²) in [6.07, 6.45) is 2.17. The molecule has 1 N–H and O–H groups in total. The van der Waals surface area contributed by atoms with Gasteiger partial charge in [0.05, 0.1) is 29.2 Å². The molecule has 0 aromatic heterocycles. The van der Waals surface area contributed by atoms with Gasteiger partial charge >= 0.3 is 5.97 Å². The van der Waals surface area contributed by atoms with Crippen LogP contribution in [-0.4, -0.2) is 24.3 Å². The van der Waals surface area contributed by atoms with Gasteiger partial charge in [0.1, 0.15) is 5.82 Å². The van der Waals surface area contributed by atoms with Gasteiger partial charge in [-0.15, -0.1) is 0 Å². The van der Waals surface area contributed by atoms with Gasteiger partial charge in [-0.25, -0.2) is 4.39 Å². The monoisotopic (exact) mass is 300 g/mol. The fourth-order valence-electron chi connectivity index (χ4n) is 2.78. The van der Waals surface area contributed by atoms with Gasteiger partial charge < -0.3 is 14.6 Å². The van der Waals surface area contributed by atoms with E-state index in [1.54, 1.807) is 0 Å². The first-order valence-corrected chi connectivity index (χ1v) is 6.95. The van der Waals surface area contributed by atoms with Crippen molar-refractivity contribution in [2.75, 3.05) is 13.2 Å². The maximum absolute atomic E-state index is 14.5. The van der Waals surface area contributed by atoms with Gasteiger partial charge in [-0.1, -0.05) is 18.0 Å². The molecule has 1 fully saturated rings. The zero-order valence-corrected chi connectivity index (χ0v) is 11.5. The Morgan fingerprint density at radius 1 is 1.30 bits per heavy atom. The third-order valence-electron chi connectivity index (χ3n) is 4.03. The molecule has 1 aromatic rings. The number of benzene rings is 1. The molecule has 6 heteroatoms. The van der Waals surface area contributed by atoms with Crippen LogP contribution < -0.4 is 9.47 Å². The number of rotatable bonds is 2. The highest BCUT2D eigenvalue weighted by Gasteiger charge is 2.51. The first-order chi connectivity index (χ1) is 9.56. The maximum Gasteiger partial charge on any atom is 0.314 e. The number of hydrogen-bond acceptors (Lipinski definition) is 3. The minimum absolute atomic E-state index is 0.0423. The molecule has 4 nitrogen and oxygen atoms in total. The number of aliphatic carboxylic acids is 1. The van der Waals surface area contributed by atoms with Crippen molar-refractivity contribution in [1.29, 1.82) is 0 Å².